The van der Waals surface area contributed by atoms with Crippen LogP contribution in [0, 0.1) is 12.8 Å². The van der Waals surface area contributed by atoms with Crippen LogP contribution in [0.3, 0.4) is 0 Å². The molecule has 174 valence electrons. The number of anilines is 2. The van der Waals surface area contributed by atoms with Crippen molar-refractivity contribution < 1.29 is 18.3 Å². The molecule has 3 atom stereocenters. The van der Waals surface area contributed by atoms with Gasteiger partial charge in [-0.25, -0.2) is 13.2 Å². The lowest BCUT2D eigenvalue weighted by Gasteiger charge is -2.37. The van der Waals surface area contributed by atoms with Gasteiger partial charge in [-0.1, -0.05) is 42.0 Å². The van der Waals surface area contributed by atoms with E-state index in [2.05, 4.69) is 22.2 Å². The number of rotatable bonds is 5. The molecule has 1 heterocycles. The molecule has 1 aliphatic heterocycles. The first-order valence-corrected chi connectivity index (χ1v) is 12.8. The van der Waals surface area contributed by atoms with Gasteiger partial charge in [0.2, 0.25) is 0 Å². The Hall–Kier alpha value is -3.29. The average Bonchev–Trinajstić information content (AvgIpc) is 3.31. The van der Waals surface area contributed by atoms with E-state index in [1.807, 2.05) is 12.1 Å². The van der Waals surface area contributed by atoms with E-state index < -0.39 is 16.0 Å². The van der Waals surface area contributed by atoms with Gasteiger partial charge in [0.05, 0.1) is 22.2 Å². The average molecular weight is 495 g/mol. The number of sulfonamides is 1. The number of benzene rings is 3. The summed E-state index contributed by atoms with van der Waals surface area (Å²) in [5, 5.41) is 13.2. The van der Waals surface area contributed by atoms with E-state index in [4.69, 9.17) is 11.6 Å². The molecule has 5 rings (SSSR count). The van der Waals surface area contributed by atoms with E-state index in [9.17, 15) is 18.3 Å². The zero-order valence-electron chi connectivity index (χ0n) is 18.3. The van der Waals surface area contributed by atoms with Crippen molar-refractivity contribution in [2.45, 2.75) is 30.2 Å². The van der Waals surface area contributed by atoms with Gasteiger partial charge in [-0.3, -0.25) is 4.72 Å². The third kappa shape index (κ3) is 3.95. The summed E-state index contributed by atoms with van der Waals surface area (Å²) < 4.78 is 29.0. The maximum atomic E-state index is 13.2. The molecule has 2 aliphatic rings. The first-order valence-electron chi connectivity index (χ1n) is 10.9. The highest BCUT2D eigenvalue weighted by Crippen LogP contribution is 2.50. The second-order valence-corrected chi connectivity index (χ2v) is 10.8. The van der Waals surface area contributed by atoms with Crippen LogP contribution in [0.5, 0.6) is 0 Å². The molecule has 0 amide bonds. The van der Waals surface area contributed by atoms with E-state index >= 15 is 0 Å². The number of carboxylic acids is 1. The van der Waals surface area contributed by atoms with E-state index in [-0.39, 0.29) is 28.3 Å². The van der Waals surface area contributed by atoms with Crippen LogP contribution in [0.1, 0.15) is 45.4 Å². The van der Waals surface area contributed by atoms with Crippen molar-refractivity contribution >= 4 is 39.0 Å². The first kappa shape index (κ1) is 22.5. The SMILES string of the molecule is Cc1c(Cl)cccc1NS(=O)(=O)c1ccc2c(c1)C1C=CCC1[C@@H](c1ccc(C(=O)O)cc1)N2. The van der Waals surface area contributed by atoms with E-state index in [1.165, 1.54) is 0 Å². The van der Waals surface area contributed by atoms with Crippen LogP contribution in [0.2, 0.25) is 5.02 Å². The van der Waals surface area contributed by atoms with Crippen LogP contribution in [0.15, 0.2) is 77.7 Å². The fourth-order valence-corrected chi connectivity index (χ4v) is 6.16. The van der Waals surface area contributed by atoms with Gasteiger partial charge in [0.25, 0.3) is 10.0 Å². The van der Waals surface area contributed by atoms with Crippen LogP contribution in [0.25, 0.3) is 0 Å². The lowest BCUT2D eigenvalue weighted by molar-refractivity contribution is 0.0697. The molecule has 2 unspecified atom stereocenters. The van der Waals surface area contributed by atoms with Crippen LogP contribution >= 0.6 is 11.6 Å². The topological polar surface area (TPSA) is 95.5 Å². The van der Waals surface area contributed by atoms with Gasteiger partial charge in [0.15, 0.2) is 0 Å². The number of carboxylic acid groups (broad SMARTS) is 1. The number of carbonyl (C=O) groups is 1. The zero-order chi connectivity index (χ0) is 24.0. The van der Waals surface area contributed by atoms with Crippen LogP contribution in [-0.4, -0.2) is 19.5 Å². The fraction of sp³-hybridized carbons (Fsp3) is 0.192. The smallest absolute Gasteiger partial charge is 0.335 e. The minimum absolute atomic E-state index is 0.00922. The quantitative estimate of drug-likeness (QED) is 0.379. The lowest BCUT2D eigenvalue weighted by atomic mass is 9.77. The Balaban J connectivity index is 1.47. The molecule has 0 saturated heterocycles. The van der Waals surface area contributed by atoms with Crippen molar-refractivity contribution in [2.24, 2.45) is 5.92 Å². The number of hydrogen-bond donors (Lipinski definition) is 3. The summed E-state index contributed by atoms with van der Waals surface area (Å²) in [6.07, 6.45) is 5.10. The highest BCUT2D eigenvalue weighted by atomic mass is 35.5. The highest BCUT2D eigenvalue weighted by molar-refractivity contribution is 7.92. The third-order valence-corrected chi connectivity index (χ3v) is 8.45. The van der Waals surface area contributed by atoms with Crippen molar-refractivity contribution in [3.63, 3.8) is 0 Å². The maximum Gasteiger partial charge on any atom is 0.335 e. The predicted molar refractivity (Wildman–Crippen MR) is 133 cm³/mol. The number of halogens is 1. The Labute approximate surface area is 203 Å². The monoisotopic (exact) mass is 494 g/mol. The van der Waals surface area contributed by atoms with Gasteiger partial charge >= 0.3 is 5.97 Å². The molecular formula is C26H23ClN2O4S. The molecule has 0 saturated carbocycles. The summed E-state index contributed by atoms with van der Waals surface area (Å²) in [5.41, 5.74) is 4.18. The van der Waals surface area contributed by atoms with Crippen molar-refractivity contribution in [3.05, 3.63) is 100 Å². The molecule has 3 aromatic carbocycles. The van der Waals surface area contributed by atoms with Crippen molar-refractivity contribution in [2.75, 3.05) is 10.0 Å². The molecule has 6 nitrogen and oxygen atoms in total. The standard InChI is InChI=1S/C26H23ClN2O4S/c1-15-22(27)6-3-7-23(15)29-34(32,33)18-12-13-24-21(14-18)19-4-2-5-20(19)25(28-24)16-8-10-17(11-9-16)26(30)31/h2-4,6-14,19-20,25,28-29H,5H2,1H3,(H,30,31)/t19?,20?,25-/m1/s1. The van der Waals surface area contributed by atoms with E-state index in [0.29, 0.717) is 16.3 Å². The Kier molecular flexibility index (Phi) is 5.62. The van der Waals surface area contributed by atoms with Gasteiger partial charge in [0, 0.05) is 16.6 Å². The molecule has 0 radical (unpaired) electrons. The molecule has 0 aromatic heterocycles. The molecule has 34 heavy (non-hydrogen) atoms. The van der Waals surface area contributed by atoms with Crippen molar-refractivity contribution in [1.82, 2.24) is 0 Å². The maximum absolute atomic E-state index is 13.2. The lowest BCUT2D eigenvalue weighted by Crippen LogP contribution is -2.29. The molecule has 3 aromatic rings. The number of aromatic carboxylic acids is 1. The van der Waals surface area contributed by atoms with E-state index in [0.717, 1.165) is 23.2 Å². The largest absolute Gasteiger partial charge is 0.478 e. The fourth-order valence-electron chi connectivity index (χ4n) is 4.82. The summed E-state index contributed by atoms with van der Waals surface area (Å²) in [5.74, 6) is -0.697. The van der Waals surface area contributed by atoms with Gasteiger partial charge in [-0.2, -0.15) is 0 Å². The normalized spacial score (nSPS) is 20.8. The van der Waals surface area contributed by atoms with Gasteiger partial charge in [-0.15, -0.1) is 0 Å². The Morgan fingerprint density at radius 3 is 2.62 bits per heavy atom. The predicted octanol–water partition coefficient (Wildman–Crippen LogP) is 5.97. The molecule has 0 bridgehead atoms. The zero-order valence-corrected chi connectivity index (χ0v) is 19.9. The summed E-state index contributed by atoms with van der Waals surface area (Å²) >= 11 is 6.15. The number of nitrogens with one attached hydrogen (secondary N) is 2. The second-order valence-electron chi connectivity index (χ2n) is 8.67. The van der Waals surface area contributed by atoms with Crippen LogP contribution in [-0.2, 0) is 10.0 Å². The summed E-state index contributed by atoms with van der Waals surface area (Å²) in [6, 6.07) is 17.2. The number of hydrogen-bond acceptors (Lipinski definition) is 4. The summed E-state index contributed by atoms with van der Waals surface area (Å²) in [4.78, 5) is 11.4. The summed E-state index contributed by atoms with van der Waals surface area (Å²) in [7, 11) is -3.81. The van der Waals surface area contributed by atoms with Crippen molar-refractivity contribution in [3.8, 4) is 0 Å². The Morgan fingerprint density at radius 1 is 1.12 bits per heavy atom. The minimum Gasteiger partial charge on any atom is -0.478 e. The number of allylic oxidation sites excluding steroid dienone is 2. The molecule has 0 spiro atoms. The van der Waals surface area contributed by atoms with E-state index in [1.54, 1.807) is 55.5 Å². The highest BCUT2D eigenvalue weighted by Gasteiger charge is 2.38. The number of fused-ring (bicyclic) bond motifs is 3. The summed E-state index contributed by atoms with van der Waals surface area (Å²) in [6.45, 7) is 1.77. The molecule has 0 fully saturated rings. The van der Waals surface area contributed by atoms with Gasteiger partial charge in [0.1, 0.15) is 0 Å². The molecule has 1 aliphatic carbocycles. The van der Waals surface area contributed by atoms with Crippen molar-refractivity contribution in [1.29, 1.82) is 0 Å². The van der Waals surface area contributed by atoms with Crippen LogP contribution < -0.4 is 10.0 Å². The molecule has 8 heteroatoms. The van der Waals surface area contributed by atoms with Crippen LogP contribution in [0.4, 0.5) is 11.4 Å². The molecule has 3 N–H and O–H groups in total. The minimum atomic E-state index is -3.81. The first-order chi connectivity index (χ1) is 16.2. The Morgan fingerprint density at radius 2 is 1.88 bits per heavy atom. The van der Waals surface area contributed by atoms with Gasteiger partial charge < -0.3 is 10.4 Å². The third-order valence-electron chi connectivity index (χ3n) is 6.67. The second kappa shape index (κ2) is 8.49. The van der Waals surface area contributed by atoms with Gasteiger partial charge in [-0.05, 0) is 78.4 Å². The Bertz CT molecular complexity index is 1420. The molecular weight excluding hydrogens is 472 g/mol.